The molecule has 40 heteroatoms. The number of fused-ring (bicyclic) bond motifs is 15. The van der Waals surface area contributed by atoms with E-state index in [1.165, 1.54) is 26.8 Å². The van der Waals surface area contributed by atoms with E-state index in [1.807, 2.05) is 24.9 Å². The summed E-state index contributed by atoms with van der Waals surface area (Å²) in [6.07, 6.45) is -5.32. The van der Waals surface area contributed by atoms with Gasteiger partial charge < -0.3 is 73.5 Å². The number of amides is 6. The molecule has 136 heavy (non-hydrogen) atoms. The van der Waals surface area contributed by atoms with Crippen molar-refractivity contribution in [3.63, 3.8) is 0 Å². The molecule has 3 aliphatic carbocycles. The molecule has 25 nitrogen and oxygen atoms in total. The Kier molecular flexibility index (Phi) is 33.1. The average Bonchev–Trinajstić information content (AvgIpc) is 1.60. The molecule has 3 aromatic carbocycles. The second-order valence-electron chi connectivity index (χ2n) is 40.6. The first-order valence-electron chi connectivity index (χ1n) is 45.1. The molecule has 18 atom stereocenters. The zero-order valence-electron chi connectivity index (χ0n) is 77.7. The van der Waals surface area contributed by atoms with Crippen LogP contribution in [0.1, 0.15) is 233 Å². The number of carbonyl (C=O) groups is 6. The summed E-state index contributed by atoms with van der Waals surface area (Å²) in [4.78, 5) is 134. The van der Waals surface area contributed by atoms with Crippen molar-refractivity contribution in [1.29, 1.82) is 5.26 Å². The molecule has 3 aromatic heterocycles. The quantitative estimate of drug-likeness (QED) is 0.0838. The van der Waals surface area contributed by atoms with Crippen LogP contribution < -0.4 is 30.2 Å². The van der Waals surface area contributed by atoms with E-state index in [0.717, 1.165) is 48.5 Å². The van der Waals surface area contributed by atoms with Gasteiger partial charge in [0.15, 0.2) is 0 Å². The molecule has 6 fully saturated rings. The fourth-order valence-electron chi connectivity index (χ4n) is 18.9. The van der Waals surface area contributed by atoms with Gasteiger partial charge in [-0.25, -0.2) is 74.5 Å². The Balaban J connectivity index is 0.000000209. The summed E-state index contributed by atoms with van der Waals surface area (Å²) in [6, 6.07) is 8.97. The van der Waals surface area contributed by atoms with Crippen LogP contribution in [0.15, 0.2) is 72.8 Å². The zero-order chi connectivity index (χ0) is 97.3. The van der Waals surface area contributed by atoms with Gasteiger partial charge in [0, 0.05) is 103 Å². The molecule has 737 valence electrons. The second-order valence-corrected chi connectivity index (χ2v) is 40.6. The fourth-order valence-corrected chi connectivity index (χ4v) is 18.9. The van der Waals surface area contributed by atoms with E-state index in [2.05, 4.69) is 30.9 Å². The van der Waals surface area contributed by atoms with E-state index in [9.17, 15) is 74.8 Å². The molecule has 3 N–H and O–H groups in total. The molecule has 3 saturated carbocycles. The Labute approximate surface area is 816 Å². The number of pyridine rings is 3. The molecule has 9 aliphatic rings. The minimum Gasteiger partial charge on any atom is -0.540 e. The van der Waals surface area contributed by atoms with E-state index in [1.54, 1.807) is 109 Å². The number of nitriles is 1. The van der Waals surface area contributed by atoms with Gasteiger partial charge in [0.05, 0.1) is 75.6 Å². The second kappa shape index (κ2) is 41.4. The number of nitrogens with zero attached hydrogens (tertiary/aromatic N) is 7. The monoisotopic (exact) mass is 2020 g/mol. The number of carbonyl (C=O) groups excluding carboxylic acids is 9. The number of alkyl carbamates (subject to hydrolysis) is 3. The largest absolute Gasteiger partial charge is 0.540 e. The molecule has 6 bridgehead atoms. The van der Waals surface area contributed by atoms with Gasteiger partial charge in [-0.15, -0.1) is 0 Å². The summed E-state index contributed by atoms with van der Waals surface area (Å²) in [5, 5.41) is 18.0. The Morgan fingerprint density at radius 1 is 0.456 bits per heavy atom. The van der Waals surface area contributed by atoms with E-state index < -0.39 is 219 Å². The van der Waals surface area contributed by atoms with Gasteiger partial charge in [0.1, 0.15) is 53.7 Å². The van der Waals surface area contributed by atoms with Gasteiger partial charge in [-0.3, -0.25) is 14.4 Å². The number of hydrogen-bond acceptors (Lipinski definition) is 19. The Bertz CT molecular complexity index is 5500. The molecule has 3 saturated heterocycles. The number of halogens is 12. The minimum absolute atomic E-state index is 0. The van der Waals surface area contributed by atoms with Gasteiger partial charge in [0.2, 0.25) is 35.4 Å². The van der Waals surface area contributed by atoms with Crippen LogP contribution in [-0.2, 0) is 129 Å². The number of hydrogen-bond donors (Lipinski definition) is 3. The number of aromatic nitrogens is 3. The number of alkyl halides is 12. The third-order valence-corrected chi connectivity index (χ3v) is 27.5. The van der Waals surface area contributed by atoms with Crippen LogP contribution in [0.2, 0.25) is 0 Å². The van der Waals surface area contributed by atoms with Crippen molar-refractivity contribution in [1.82, 2.24) is 45.6 Å². The molecule has 0 spiro atoms. The SMILES string of the molecule is CC[C@@H]1[C@@H]2CN(C(=O)[C@H](C(C)(C)C)NC(=O)O[C@]3(C)C[C@H]3CCCCC(F)(F)c3cc4ccc(C(F)(F)F)cc4nc3O2)[C@@H]1[C-]=O.C[C@@H]1[C@@H]2CN(C(=O)[C@H](C(C)(C)C)NC(=O)O[C@@H]3C[C@H]3CCCCC(F)(F)c3cc4ccc(C#N)cc4nc3O2)[C@@H]1[C-]=O.C[C@@H]1[C@@H]2CN(C(=O)[C@H](C(C)(C)C)NC(=O)O[C@]3(C)C[C@H]3CCCCC(F)(F)c3cc4ccc(C(F)(F)F)cc4nc3O2)[C@@H]1[C-]=O.[V].[V].[V]. The van der Waals surface area contributed by atoms with Crippen LogP contribution >= 0.6 is 0 Å². The first-order chi connectivity index (χ1) is 62.0. The Hall–Kier alpha value is -9.08. The van der Waals surface area contributed by atoms with Crippen LogP contribution in [0.4, 0.5) is 67.1 Å². The zero-order valence-corrected chi connectivity index (χ0v) is 81.9. The average molecular weight is 2030 g/mol. The molecule has 3 radical (unpaired) electrons. The van der Waals surface area contributed by atoms with Crippen molar-refractivity contribution >= 4 is 87.6 Å². The summed E-state index contributed by atoms with van der Waals surface area (Å²) in [5.74, 6) is -15.4. The Morgan fingerprint density at radius 3 is 1.15 bits per heavy atom. The minimum atomic E-state index is -4.68. The Morgan fingerprint density at radius 2 is 0.794 bits per heavy atom. The normalized spacial score (nSPS) is 29.9. The van der Waals surface area contributed by atoms with Crippen molar-refractivity contribution in [2.45, 2.75) is 302 Å². The van der Waals surface area contributed by atoms with E-state index in [-0.39, 0.29) is 158 Å². The number of benzene rings is 3. The predicted molar refractivity (Wildman–Crippen MR) is 459 cm³/mol. The van der Waals surface area contributed by atoms with Crippen LogP contribution in [0.3, 0.4) is 0 Å². The third-order valence-electron chi connectivity index (χ3n) is 27.5. The smallest absolute Gasteiger partial charge is 0.416 e. The van der Waals surface area contributed by atoms with E-state index >= 15 is 26.3 Å². The van der Waals surface area contributed by atoms with Gasteiger partial charge in [-0.1, -0.05) is 145 Å². The van der Waals surface area contributed by atoms with Gasteiger partial charge in [0.25, 0.3) is 17.8 Å². The maximum absolute atomic E-state index is 16.0. The third kappa shape index (κ3) is 24.1. The van der Waals surface area contributed by atoms with Gasteiger partial charge in [-0.05, 0) is 166 Å². The number of ether oxygens (including phenoxy) is 6. The van der Waals surface area contributed by atoms with Crippen molar-refractivity contribution in [3.8, 4) is 23.7 Å². The molecule has 6 aliphatic heterocycles. The summed E-state index contributed by atoms with van der Waals surface area (Å²) >= 11 is 0. The maximum atomic E-state index is 16.0. The summed E-state index contributed by atoms with van der Waals surface area (Å²) < 4.78 is 211. The van der Waals surface area contributed by atoms with Crippen LogP contribution in [0.5, 0.6) is 17.6 Å². The first kappa shape index (κ1) is 109. The van der Waals surface area contributed by atoms with Crippen molar-refractivity contribution < 1.29 is 180 Å². The number of nitrogens with one attached hydrogen (secondary N) is 3. The van der Waals surface area contributed by atoms with Crippen molar-refractivity contribution in [2.75, 3.05) is 19.6 Å². The molecular formula is C96H111F12N10O15V3-3. The molecule has 6 aromatic rings. The molecule has 6 amide bonds. The predicted octanol–water partition coefficient (Wildman–Crippen LogP) is 18.5. The van der Waals surface area contributed by atoms with Gasteiger partial charge >= 0.3 is 30.6 Å². The molecule has 0 unspecified atom stereocenters. The molecule has 9 heterocycles. The standard InChI is InChI=1S/C33H39F5N3O5.C32H37F5N3O5.C31H35F2N4O5.3V/c1-6-21-24(17-42)41-16-25(21)45-27-22(13-18-10-11-19(33(36,37)38)14-23(18)39-27)32(34,35)12-8-7-9-20-15-31(20,5)46-29(44)40-26(28(41)43)30(2,3)4;1-17-23(16-41)40-15-24(17)44-26-21(12-18-9-10-19(32(35,36)37)13-22(18)38-26)31(33,34)11-7-6-8-20-14-30(20,5)45-28(43)39-25(27(40)42)29(2,3)4;1-17-23(16-38)37-15-25(17)41-27-21(12-19-9-8-18(14-34)11-22(19)35-27)31(32,33)10-6-5-7-20-13-24(20)42-29(40)36-26(28(37)39)30(2,3)4;;;/h10-11,13-14,20-21,24-26H,6-9,12,15-16H2,1-5H3,(H,40,44);9-10,12-13,17,20,23-25H,6-8,11,14-15H2,1-5H3,(H,39,43);8-9,11-12,17,20,23-26H,5-7,10,13,15H2,1-4H3,(H,36,40);;;/q3*-1;;;/t20-,21+,24-,25+,26-,31-;17-,20+,23+,24-,25+,30+;17-,20+,23+,24+,25-,26+;;;/m100.../s1. The summed E-state index contributed by atoms with van der Waals surface area (Å²) in [6.45, 7) is 23.8. The van der Waals surface area contributed by atoms with Gasteiger partial charge in [-0.2, -0.15) is 31.6 Å². The van der Waals surface area contributed by atoms with Crippen LogP contribution in [0.25, 0.3) is 32.7 Å². The molecule has 15 rings (SSSR count). The number of rotatable bonds is 4. The van der Waals surface area contributed by atoms with Crippen LogP contribution in [-0.4, -0.2) is 176 Å². The van der Waals surface area contributed by atoms with Crippen LogP contribution in [0, 0.1) is 63.1 Å². The van der Waals surface area contributed by atoms with Crippen molar-refractivity contribution in [3.05, 3.63) is 106 Å². The topological polar surface area (TPSA) is 317 Å². The first-order valence-corrected chi connectivity index (χ1v) is 45.1. The molecular weight excluding hydrogens is 1910 g/mol. The van der Waals surface area contributed by atoms with E-state index in [4.69, 9.17) is 28.4 Å². The fraction of sp³-hybridized carbons (Fsp3) is 0.615. The summed E-state index contributed by atoms with van der Waals surface area (Å²) in [5.41, 5.74) is -7.24. The van der Waals surface area contributed by atoms with Crippen molar-refractivity contribution in [2.24, 2.45) is 51.8 Å². The summed E-state index contributed by atoms with van der Waals surface area (Å²) in [7, 11) is 0. The maximum Gasteiger partial charge on any atom is 0.416 e. The van der Waals surface area contributed by atoms with E-state index in [0.29, 0.717) is 74.3 Å².